The van der Waals surface area contributed by atoms with Crippen LogP contribution in [0.1, 0.15) is 25.3 Å². The predicted octanol–water partition coefficient (Wildman–Crippen LogP) is 4.16. The number of hydrogen-bond acceptors (Lipinski definition) is 4. The number of aliphatic hydroxyl groups is 1. The van der Waals surface area contributed by atoms with Crippen molar-refractivity contribution in [1.29, 1.82) is 0 Å². The number of benzene rings is 2. The maximum atomic E-state index is 13.4. The van der Waals surface area contributed by atoms with Gasteiger partial charge in [-0.1, -0.05) is 35.3 Å². The maximum Gasteiger partial charge on any atom is 0.332 e. The van der Waals surface area contributed by atoms with Crippen LogP contribution in [0.25, 0.3) is 0 Å². The minimum Gasteiger partial charge on any atom is -0.508 e. The van der Waals surface area contributed by atoms with Crippen LogP contribution in [-0.4, -0.2) is 40.2 Å². The Bertz CT molecular complexity index is 904. The van der Waals surface area contributed by atoms with Crippen molar-refractivity contribution < 1.29 is 19.8 Å². The van der Waals surface area contributed by atoms with E-state index in [2.05, 4.69) is 0 Å². The van der Waals surface area contributed by atoms with Gasteiger partial charge >= 0.3 is 6.03 Å². The second-order valence-corrected chi connectivity index (χ2v) is 7.54. The Morgan fingerprint density at radius 2 is 1.68 bits per heavy atom. The van der Waals surface area contributed by atoms with Gasteiger partial charge in [-0.05, 0) is 55.7 Å². The lowest BCUT2D eigenvalue weighted by Crippen LogP contribution is -2.44. The molecule has 3 amide bonds. The quantitative estimate of drug-likeness (QED) is 0.540. The normalized spacial score (nSPS) is 19.6. The number of phenolic OH excluding ortho intramolecular Hbond substituents is 1. The van der Waals surface area contributed by atoms with Crippen molar-refractivity contribution in [2.24, 2.45) is 0 Å². The molecule has 1 fully saturated rings. The Morgan fingerprint density at radius 1 is 1.00 bits per heavy atom. The molecule has 28 heavy (non-hydrogen) atoms. The first-order chi connectivity index (χ1) is 13.3. The molecule has 1 aliphatic rings. The molecule has 0 spiro atoms. The molecule has 0 saturated carbocycles. The van der Waals surface area contributed by atoms with Gasteiger partial charge in [0.2, 0.25) is 0 Å². The highest BCUT2D eigenvalue weighted by Crippen LogP contribution is 2.41. The Kier molecular flexibility index (Phi) is 5.84. The summed E-state index contributed by atoms with van der Waals surface area (Å²) in [7, 11) is 0. The summed E-state index contributed by atoms with van der Waals surface area (Å²) in [6, 6.07) is 10.3. The minimum atomic E-state index is -1.26. The van der Waals surface area contributed by atoms with E-state index in [9.17, 15) is 14.7 Å². The summed E-state index contributed by atoms with van der Waals surface area (Å²) < 4.78 is 0. The van der Waals surface area contributed by atoms with Crippen LogP contribution >= 0.6 is 23.2 Å². The molecule has 0 aliphatic carbocycles. The summed E-state index contributed by atoms with van der Waals surface area (Å²) in [5.74, 6) is -0.358. The Labute approximate surface area is 172 Å². The third-order valence-corrected chi connectivity index (χ3v) is 5.70. The lowest BCUT2D eigenvalue weighted by Gasteiger charge is -2.32. The average molecular weight is 423 g/mol. The highest BCUT2D eigenvalue weighted by molar-refractivity contribution is 6.42. The van der Waals surface area contributed by atoms with Crippen molar-refractivity contribution in [3.63, 3.8) is 0 Å². The Hall–Kier alpha value is -2.28. The summed E-state index contributed by atoms with van der Waals surface area (Å²) in [6.45, 7) is 1.97. The van der Waals surface area contributed by atoms with E-state index in [1.807, 2.05) is 0 Å². The van der Waals surface area contributed by atoms with Crippen molar-refractivity contribution in [2.75, 3.05) is 18.1 Å². The number of anilines is 1. The van der Waals surface area contributed by atoms with Crippen molar-refractivity contribution >= 4 is 40.8 Å². The van der Waals surface area contributed by atoms with Crippen molar-refractivity contribution in [2.45, 2.75) is 25.3 Å². The molecule has 1 heterocycles. The van der Waals surface area contributed by atoms with Gasteiger partial charge in [0.05, 0.1) is 15.7 Å². The van der Waals surface area contributed by atoms with Gasteiger partial charge in [-0.15, -0.1) is 0 Å². The van der Waals surface area contributed by atoms with Crippen LogP contribution in [0.2, 0.25) is 10.0 Å². The predicted molar refractivity (Wildman–Crippen MR) is 108 cm³/mol. The van der Waals surface area contributed by atoms with Crippen LogP contribution in [0, 0.1) is 0 Å². The maximum absolute atomic E-state index is 13.4. The van der Waals surface area contributed by atoms with Gasteiger partial charge in [-0.3, -0.25) is 4.79 Å². The zero-order chi connectivity index (χ0) is 20.5. The van der Waals surface area contributed by atoms with Gasteiger partial charge in [0.1, 0.15) is 11.3 Å². The smallest absolute Gasteiger partial charge is 0.332 e. The number of nitrogens with zero attached hydrogens (tertiary/aromatic N) is 2. The lowest BCUT2D eigenvalue weighted by atomic mass is 9.90. The number of aliphatic hydroxyl groups excluding tert-OH is 1. The van der Waals surface area contributed by atoms with Crippen molar-refractivity contribution in [3.8, 4) is 5.75 Å². The number of halogens is 2. The topological polar surface area (TPSA) is 81.1 Å². The highest BCUT2D eigenvalue weighted by Gasteiger charge is 2.55. The first-order valence-corrected chi connectivity index (χ1v) is 9.58. The van der Waals surface area contributed by atoms with Crippen LogP contribution in [0.15, 0.2) is 42.5 Å². The molecule has 3 rings (SSSR count). The van der Waals surface area contributed by atoms with Gasteiger partial charge in [-0.25, -0.2) is 9.69 Å². The van der Waals surface area contributed by atoms with Gasteiger partial charge in [-0.2, -0.15) is 0 Å². The number of carbonyl (C=O) groups excluding carboxylic acids is 2. The zero-order valence-corrected chi connectivity index (χ0v) is 16.7. The van der Waals surface area contributed by atoms with E-state index in [4.69, 9.17) is 28.3 Å². The van der Waals surface area contributed by atoms with E-state index in [0.29, 0.717) is 35.7 Å². The van der Waals surface area contributed by atoms with E-state index in [0.717, 1.165) is 4.90 Å². The number of aromatic hydroxyl groups is 1. The van der Waals surface area contributed by atoms with Crippen LogP contribution in [0.3, 0.4) is 0 Å². The molecule has 0 bridgehead atoms. The van der Waals surface area contributed by atoms with Crippen molar-refractivity contribution in [1.82, 2.24) is 4.90 Å². The number of urea groups is 1. The van der Waals surface area contributed by atoms with Gasteiger partial charge in [0, 0.05) is 13.2 Å². The number of carbonyl (C=O) groups is 2. The van der Waals surface area contributed by atoms with E-state index >= 15 is 0 Å². The first kappa shape index (κ1) is 20.5. The molecule has 1 saturated heterocycles. The second-order valence-electron chi connectivity index (χ2n) is 6.72. The largest absolute Gasteiger partial charge is 0.508 e. The number of rotatable bonds is 6. The fourth-order valence-electron chi connectivity index (χ4n) is 3.35. The zero-order valence-electron chi connectivity index (χ0n) is 15.2. The fraction of sp³-hybridized carbons (Fsp3) is 0.300. The van der Waals surface area contributed by atoms with Crippen LogP contribution in [-0.2, 0) is 10.3 Å². The number of hydrogen-bond donors (Lipinski definition) is 2. The standard InChI is InChI=1S/C20H20Cl2N2O4/c1-20(13-4-7-15(26)8-5-13)18(27)24(14-6-9-16(21)17(22)12-14)19(28)23(20)10-2-3-11-25/h4-9,12,25-26H,2-3,10-11H2,1H3. The minimum absolute atomic E-state index is 0.00239. The summed E-state index contributed by atoms with van der Waals surface area (Å²) in [4.78, 5) is 29.2. The number of unbranched alkanes of at least 4 members (excludes halogenated alkanes) is 1. The molecule has 8 heteroatoms. The average Bonchev–Trinajstić information content (AvgIpc) is 2.86. The third-order valence-electron chi connectivity index (χ3n) is 4.96. The monoisotopic (exact) mass is 422 g/mol. The molecule has 0 aromatic heterocycles. The summed E-state index contributed by atoms with van der Waals surface area (Å²) >= 11 is 12.0. The van der Waals surface area contributed by atoms with Gasteiger partial charge in [0.25, 0.3) is 5.91 Å². The third kappa shape index (κ3) is 3.43. The number of amides is 3. The van der Waals surface area contributed by atoms with Gasteiger partial charge < -0.3 is 15.1 Å². The molecule has 1 aliphatic heterocycles. The second kappa shape index (κ2) is 7.99. The highest BCUT2D eigenvalue weighted by atomic mass is 35.5. The molecule has 2 aromatic carbocycles. The van der Waals surface area contributed by atoms with E-state index in [-0.39, 0.29) is 17.4 Å². The molecule has 148 valence electrons. The summed E-state index contributed by atoms with van der Waals surface area (Å²) in [6.07, 6.45) is 1.05. The number of imide groups is 1. The molecule has 2 N–H and O–H groups in total. The lowest BCUT2D eigenvalue weighted by molar-refractivity contribution is -0.124. The summed E-state index contributed by atoms with van der Waals surface area (Å²) in [5, 5.41) is 19.2. The molecule has 2 aromatic rings. The SMILES string of the molecule is CC1(c2ccc(O)cc2)C(=O)N(c2ccc(Cl)c(Cl)c2)C(=O)N1CCCCO. The van der Waals surface area contributed by atoms with Crippen LogP contribution in [0.4, 0.5) is 10.5 Å². The molecule has 6 nitrogen and oxygen atoms in total. The fourth-order valence-corrected chi connectivity index (χ4v) is 3.64. The van der Waals surface area contributed by atoms with Crippen LogP contribution in [0.5, 0.6) is 5.75 Å². The number of phenols is 1. The molecule has 1 atom stereocenters. The van der Waals surface area contributed by atoms with E-state index in [1.54, 1.807) is 25.1 Å². The Balaban J connectivity index is 2.07. The summed E-state index contributed by atoms with van der Waals surface area (Å²) in [5.41, 5.74) is -0.346. The molecular formula is C20H20Cl2N2O4. The molecule has 0 radical (unpaired) electrons. The van der Waals surface area contributed by atoms with Crippen molar-refractivity contribution in [3.05, 3.63) is 58.1 Å². The van der Waals surface area contributed by atoms with Gasteiger partial charge in [0.15, 0.2) is 0 Å². The first-order valence-electron chi connectivity index (χ1n) is 8.82. The van der Waals surface area contributed by atoms with E-state index < -0.39 is 17.5 Å². The van der Waals surface area contributed by atoms with E-state index in [1.165, 1.54) is 29.2 Å². The van der Waals surface area contributed by atoms with Crippen LogP contribution < -0.4 is 4.90 Å². The molecular weight excluding hydrogens is 403 g/mol. The Morgan fingerprint density at radius 3 is 2.29 bits per heavy atom. The molecule has 1 unspecified atom stereocenters.